The maximum atomic E-state index is 12.8. The molecule has 0 saturated carbocycles. The summed E-state index contributed by atoms with van der Waals surface area (Å²) < 4.78 is 0. The number of nitrogens with two attached hydrogens (primary N) is 1. The number of nitrogens with zero attached hydrogens (tertiary/aromatic N) is 3. The van der Waals surface area contributed by atoms with E-state index in [2.05, 4.69) is 13.2 Å². The van der Waals surface area contributed by atoms with Gasteiger partial charge in [-0.15, -0.1) is 0 Å². The van der Waals surface area contributed by atoms with Crippen LogP contribution in [0, 0.1) is 5.92 Å². The molecule has 6 heteroatoms. The van der Waals surface area contributed by atoms with Gasteiger partial charge in [0, 0.05) is 32.4 Å². The first-order chi connectivity index (χ1) is 11.2. The van der Waals surface area contributed by atoms with E-state index in [1.165, 1.54) is 6.08 Å². The number of likely N-dealkylation sites (tertiary alicyclic amines) is 1. The number of hydrogen-bond acceptors (Lipinski definition) is 3. The molecule has 0 spiro atoms. The molecular formula is C18H32N4O2. The molecule has 1 fully saturated rings. The lowest BCUT2D eigenvalue weighted by Crippen LogP contribution is -2.50. The van der Waals surface area contributed by atoms with Crippen LogP contribution in [0.3, 0.4) is 0 Å². The molecule has 0 aliphatic carbocycles. The molecule has 3 amide bonds. The van der Waals surface area contributed by atoms with Gasteiger partial charge in [-0.05, 0) is 24.8 Å². The molecule has 1 aliphatic rings. The van der Waals surface area contributed by atoms with Crippen molar-refractivity contribution < 1.29 is 9.59 Å². The van der Waals surface area contributed by atoms with E-state index < -0.39 is 0 Å². The van der Waals surface area contributed by atoms with Crippen LogP contribution < -0.4 is 5.73 Å². The Kier molecular flexibility index (Phi) is 7.32. The minimum absolute atomic E-state index is 0.0476. The summed E-state index contributed by atoms with van der Waals surface area (Å²) >= 11 is 0. The third-order valence-corrected chi connectivity index (χ3v) is 4.53. The van der Waals surface area contributed by atoms with E-state index in [1.807, 2.05) is 25.7 Å². The number of amides is 3. The van der Waals surface area contributed by atoms with Crippen LogP contribution >= 0.6 is 0 Å². The molecule has 1 aliphatic heterocycles. The molecule has 1 saturated heterocycles. The van der Waals surface area contributed by atoms with Crippen molar-refractivity contribution in [2.75, 3.05) is 26.7 Å². The fraction of sp³-hybridized carbons (Fsp3) is 0.667. The number of hydrogen-bond donors (Lipinski definition) is 1. The first-order valence-electron chi connectivity index (χ1n) is 8.63. The van der Waals surface area contributed by atoms with Crippen molar-refractivity contribution in [1.82, 2.24) is 14.7 Å². The maximum Gasteiger partial charge on any atom is 0.320 e. The van der Waals surface area contributed by atoms with E-state index in [9.17, 15) is 9.59 Å². The summed E-state index contributed by atoms with van der Waals surface area (Å²) in [6, 6.07) is -0.213. The smallest absolute Gasteiger partial charge is 0.320 e. The highest BCUT2D eigenvalue weighted by Crippen LogP contribution is 2.21. The summed E-state index contributed by atoms with van der Waals surface area (Å²) in [5.41, 5.74) is 6.37. The summed E-state index contributed by atoms with van der Waals surface area (Å²) in [6.45, 7) is 15.3. The molecule has 2 atom stereocenters. The third-order valence-electron chi connectivity index (χ3n) is 4.53. The van der Waals surface area contributed by atoms with Crippen molar-refractivity contribution in [3.05, 3.63) is 24.9 Å². The zero-order chi connectivity index (χ0) is 18.4. The fourth-order valence-electron chi connectivity index (χ4n) is 3.47. The van der Waals surface area contributed by atoms with Gasteiger partial charge in [0.2, 0.25) is 5.91 Å². The summed E-state index contributed by atoms with van der Waals surface area (Å²) in [7, 11) is 1.76. The number of likely N-dealkylation sites (N-methyl/N-ethyl adjacent to an activating group) is 1. The van der Waals surface area contributed by atoms with E-state index in [1.54, 1.807) is 16.8 Å². The van der Waals surface area contributed by atoms with E-state index in [0.29, 0.717) is 25.3 Å². The average molecular weight is 336 g/mol. The monoisotopic (exact) mass is 336 g/mol. The first-order valence-corrected chi connectivity index (χ1v) is 8.63. The van der Waals surface area contributed by atoms with Gasteiger partial charge in [0.1, 0.15) is 0 Å². The maximum absolute atomic E-state index is 12.8. The van der Waals surface area contributed by atoms with Crippen LogP contribution in [0.4, 0.5) is 4.79 Å². The number of rotatable bonds is 7. The lowest BCUT2D eigenvalue weighted by atomic mass is 10.0. The third kappa shape index (κ3) is 4.52. The Hall–Kier alpha value is -1.98. The van der Waals surface area contributed by atoms with Gasteiger partial charge in [0.15, 0.2) is 0 Å². The van der Waals surface area contributed by atoms with Crippen LogP contribution in [-0.2, 0) is 4.79 Å². The van der Waals surface area contributed by atoms with Gasteiger partial charge in [0.05, 0.1) is 12.1 Å². The molecule has 0 aromatic rings. The van der Waals surface area contributed by atoms with Gasteiger partial charge in [-0.1, -0.05) is 33.9 Å². The van der Waals surface area contributed by atoms with Crippen molar-refractivity contribution in [2.45, 2.75) is 45.7 Å². The summed E-state index contributed by atoms with van der Waals surface area (Å²) in [4.78, 5) is 30.1. The van der Waals surface area contributed by atoms with Crippen LogP contribution in [0.25, 0.3) is 0 Å². The second-order valence-corrected chi connectivity index (χ2v) is 6.78. The second kappa shape index (κ2) is 8.76. The van der Waals surface area contributed by atoms with Gasteiger partial charge in [0.25, 0.3) is 0 Å². The Morgan fingerprint density at radius 1 is 1.42 bits per heavy atom. The van der Waals surface area contributed by atoms with Gasteiger partial charge >= 0.3 is 6.03 Å². The Bertz CT molecular complexity index is 489. The molecule has 0 aromatic carbocycles. The predicted molar refractivity (Wildman–Crippen MR) is 97.3 cm³/mol. The standard InChI is InChI=1S/C18H32N4O2/c1-7-10-22(16(23)8-2)15-9-11-21(12-15)18(24)20(6)17(13(3)4)14(5)19/h8,13,15,17H,2,5,7,9-12,19H2,1,3-4,6H3. The van der Waals surface area contributed by atoms with Crippen LogP contribution in [0.1, 0.15) is 33.6 Å². The Morgan fingerprint density at radius 2 is 2.04 bits per heavy atom. The van der Waals surface area contributed by atoms with Crippen LogP contribution in [0.5, 0.6) is 0 Å². The van der Waals surface area contributed by atoms with Crippen molar-refractivity contribution in [2.24, 2.45) is 11.7 Å². The quantitative estimate of drug-likeness (QED) is 0.723. The SMILES string of the molecule is C=CC(=O)N(CCC)C1CCN(C(=O)N(C)C(C(=C)N)C(C)C)C1. The average Bonchev–Trinajstić information content (AvgIpc) is 2.99. The molecule has 136 valence electrons. The summed E-state index contributed by atoms with van der Waals surface area (Å²) in [5, 5.41) is 0. The molecule has 1 rings (SSSR count). The van der Waals surface area contributed by atoms with Gasteiger partial charge in [-0.3, -0.25) is 4.79 Å². The minimum Gasteiger partial charge on any atom is -0.401 e. The second-order valence-electron chi connectivity index (χ2n) is 6.78. The molecule has 2 N–H and O–H groups in total. The zero-order valence-electron chi connectivity index (χ0n) is 15.5. The van der Waals surface area contributed by atoms with Crippen LogP contribution in [0.15, 0.2) is 24.9 Å². The van der Waals surface area contributed by atoms with Crippen molar-refractivity contribution in [1.29, 1.82) is 0 Å². The lowest BCUT2D eigenvalue weighted by Gasteiger charge is -2.34. The van der Waals surface area contributed by atoms with Gasteiger partial charge < -0.3 is 20.4 Å². The fourth-order valence-corrected chi connectivity index (χ4v) is 3.47. The highest BCUT2D eigenvalue weighted by Gasteiger charge is 2.35. The Labute approximate surface area is 146 Å². The van der Waals surface area contributed by atoms with E-state index in [-0.39, 0.29) is 29.9 Å². The minimum atomic E-state index is -0.196. The molecule has 6 nitrogen and oxygen atoms in total. The number of urea groups is 1. The predicted octanol–water partition coefficient (Wildman–Crippen LogP) is 2.03. The van der Waals surface area contributed by atoms with Crippen molar-refractivity contribution in [3.63, 3.8) is 0 Å². The van der Waals surface area contributed by atoms with Gasteiger partial charge in [-0.2, -0.15) is 0 Å². The Balaban J connectivity index is 2.80. The number of carbonyl (C=O) groups excluding carboxylic acids is 2. The van der Waals surface area contributed by atoms with E-state index >= 15 is 0 Å². The lowest BCUT2D eigenvalue weighted by molar-refractivity contribution is -0.128. The number of carbonyl (C=O) groups is 2. The Morgan fingerprint density at radius 3 is 2.50 bits per heavy atom. The molecule has 0 bridgehead atoms. The summed E-state index contributed by atoms with van der Waals surface area (Å²) in [5.74, 6) is 0.119. The van der Waals surface area contributed by atoms with Crippen molar-refractivity contribution >= 4 is 11.9 Å². The molecule has 2 unspecified atom stereocenters. The van der Waals surface area contributed by atoms with Crippen molar-refractivity contribution in [3.8, 4) is 0 Å². The molecule has 1 heterocycles. The molecule has 0 aromatic heterocycles. The first kappa shape index (κ1) is 20.1. The van der Waals surface area contributed by atoms with Gasteiger partial charge in [-0.25, -0.2) is 4.79 Å². The highest BCUT2D eigenvalue weighted by atomic mass is 16.2. The topological polar surface area (TPSA) is 69.9 Å². The van der Waals surface area contributed by atoms with E-state index in [4.69, 9.17) is 5.73 Å². The zero-order valence-corrected chi connectivity index (χ0v) is 15.5. The van der Waals surface area contributed by atoms with Crippen LogP contribution in [0.2, 0.25) is 0 Å². The molecule has 0 radical (unpaired) electrons. The largest absolute Gasteiger partial charge is 0.401 e. The van der Waals surface area contributed by atoms with Crippen LogP contribution in [-0.4, -0.2) is 65.4 Å². The summed E-state index contributed by atoms with van der Waals surface area (Å²) in [6.07, 6.45) is 3.01. The molecular weight excluding hydrogens is 304 g/mol. The van der Waals surface area contributed by atoms with E-state index in [0.717, 1.165) is 12.8 Å². The highest BCUT2D eigenvalue weighted by molar-refractivity contribution is 5.87. The molecule has 24 heavy (non-hydrogen) atoms. The normalized spacial score (nSPS) is 18.4.